The number of carbonyl (C=O) groups excluding carboxylic acids is 1. The SMILES string of the molecule is Cn1c(=O)cc(N2CCN(C(=O)OC(C)(C)C)[C@](C)(C(=O)O)C2)c2nc(C#N)ccc21. The number of nitriles is 1. The van der Waals surface area contributed by atoms with Crippen molar-refractivity contribution in [3.8, 4) is 6.07 Å². The number of fused-ring (bicyclic) bond motifs is 1. The molecule has 0 spiro atoms. The van der Waals surface area contributed by atoms with Crippen molar-refractivity contribution in [3.05, 3.63) is 34.2 Å². The van der Waals surface area contributed by atoms with Crippen molar-refractivity contribution in [2.24, 2.45) is 7.05 Å². The summed E-state index contributed by atoms with van der Waals surface area (Å²) >= 11 is 0. The number of aryl methyl sites for hydroxylation is 1. The van der Waals surface area contributed by atoms with Crippen molar-refractivity contribution in [3.63, 3.8) is 0 Å². The molecule has 3 heterocycles. The molecule has 1 atom stereocenters. The predicted octanol–water partition coefficient (Wildman–Crippen LogP) is 1.71. The Balaban J connectivity index is 2.07. The Kier molecular flexibility index (Phi) is 5.40. The second kappa shape index (κ2) is 7.58. The number of pyridine rings is 2. The van der Waals surface area contributed by atoms with Gasteiger partial charge < -0.3 is 19.3 Å². The third kappa shape index (κ3) is 4.03. The van der Waals surface area contributed by atoms with Crippen molar-refractivity contribution in [2.75, 3.05) is 24.5 Å². The molecule has 0 unspecified atom stereocenters. The molecular formula is C21H25N5O5. The van der Waals surface area contributed by atoms with Gasteiger partial charge in [-0.15, -0.1) is 0 Å². The summed E-state index contributed by atoms with van der Waals surface area (Å²) in [7, 11) is 1.60. The van der Waals surface area contributed by atoms with Crippen LogP contribution in [0.2, 0.25) is 0 Å². The molecule has 1 N–H and O–H groups in total. The summed E-state index contributed by atoms with van der Waals surface area (Å²) in [6.45, 7) is 6.84. The van der Waals surface area contributed by atoms with Gasteiger partial charge in [0.1, 0.15) is 22.9 Å². The number of carboxylic acids is 1. The summed E-state index contributed by atoms with van der Waals surface area (Å²) in [4.78, 5) is 44.7. The highest BCUT2D eigenvalue weighted by molar-refractivity contribution is 5.90. The smallest absolute Gasteiger partial charge is 0.411 e. The standard InChI is InChI=1S/C21H25N5O5/c1-20(2,3)31-19(30)26-9-8-25(12-21(26,4)18(28)29)15-10-16(27)24(5)14-7-6-13(11-22)23-17(14)15/h6-7,10H,8-9,12H2,1-5H3,(H,28,29)/t21-/m0/s1. The maximum atomic E-state index is 12.7. The van der Waals surface area contributed by atoms with Crippen molar-refractivity contribution >= 4 is 28.8 Å². The van der Waals surface area contributed by atoms with Crippen LogP contribution >= 0.6 is 0 Å². The molecule has 0 aromatic carbocycles. The minimum absolute atomic E-state index is 0.0758. The van der Waals surface area contributed by atoms with E-state index in [2.05, 4.69) is 4.98 Å². The van der Waals surface area contributed by atoms with Crippen molar-refractivity contribution in [2.45, 2.75) is 38.8 Å². The van der Waals surface area contributed by atoms with E-state index in [1.165, 1.54) is 28.5 Å². The van der Waals surface area contributed by atoms with E-state index in [1.54, 1.807) is 38.8 Å². The second-order valence-electron chi connectivity index (χ2n) is 8.74. The summed E-state index contributed by atoms with van der Waals surface area (Å²) < 4.78 is 6.82. The van der Waals surface area contributed by atoms with Gasteiger partial charge in [-0.05, 0) is 39.8 Å². The fourth-order valence-electron chi connectivity index (χ4n) is 3.62. The topological polar surface area (TPSA) is 129 Å². The molecule has 2 aromatic rings. The number of amides is 1. The van der Waals surface area contributed by atoms with Crippen LogP contribution in [0, 0.1) is 11.3 Å². The molecule has 0 radical (unpaired) electrons. The fraction of sp³-hybridized carbons (Fsp3) is 0.476. The Bertz CT molecular complexity index is 1160. The Morgan fingerprint density at radius 2 is 1.97 bits per heavy atom. The molecule has 0 aliphatic carbocycles. The van der Waals surface area contributed by atoms with Gasteiger partial charge in [0, 0.05) is 26.2 Å². The molecule has 3 rings (SSSR count). The molecule has 1 saturated heterocycles. The Hall–Kier alpha value is -3.61. The summed E-state index contributed by atoms with van der Waals surface area (Å²) in [5.41, 5.74) is -1.12. The first kappa shape index (κ1) is 22.1. The van der Waals surface area contributed by atoms with E-state index < -0.39 is 23.2 Å². The average molecular weight is 427 g/mol. The van der Waals surface area contributed by atoms with E-state index in [1.807, 2.05) is 6.07 Å². The van der Waals surface area contributed by atoms with Gasteiger partial charge in [-0.2, -0.15) is 5.26 Å². The van der Waals surface area contributed by atoms with E-state index in [-0.39, 0.29) is 30.9 Å². The average Bonchev–Trinajstić information content (AvgIpc) is 2.68. The molecule has 1 aliphatic heterocycles. The minimum Gasteiger partial charge on any atom is -0.479 e. The summed E-state index contributed by atoms with van der Waals surface area (Å²) in [5, 5.41) is 19.2. The summed E-state index contributed by atoms with van der Waals surface area (Å²) in [6, 6.07) is 6.52. The number of hydrogen-bond acceptors (Lipinski definition) is 7. The highest BCUT2D eigenvalue weighted by Gasteiger charge is 2.48. The first-order chi connectivity index (χ1) is 14.4. The lowest BCUT2D eigenvalue weighted by molar-refractivity contribution is -0.150. The number of piperazine rings is 1. The molecule has 0 bridgehead atoms. The van der Waals surface area contributed by atoms with Gasteiger partial charge in [0.15, 0.2) is 5.54 Å². The number of ether oxygens (including phenoxy) is 1. The van der Waals surface area contributed by atoms with E-state index in [9.17, 15) is 24.8 Å². The number of carboxylic acid groups (broad SMARTS) is 1. The van der Waals surface area contributed by atoms with Crippen LogP contribution in [0.1, 0.15) is 33.4 Å². The Labute approximate surface area is 179 Å². The van der Waals surface area contributed by atoms with Crippen molar-refractivity contribution in [1.82, 2.24) is 14.5 Å². The molecule has 10 nitrogen and oxygen atoms in total. The molecule has 2 aromatic heterocycles. The highest BCUT2D eigenvalue weighted by atomic mass is 16.6. The largest absolute Gasteiger partial charge is 0.479 e. The second-order valence-corrected chi connectivity index (χ2v) is 8.74. The van der Waals surface area contributed by atoms with E-state index in [0.29, 0.717) is 16.7 Å². The normalized spacial score (nSPS) is 19.2. The first-order valence-corrected chi connectivity index (χ1v) is 9.77. The Morgan fingerprint density at radius 3 is 2.55 bits per heavy atom. The maximum Gasteiger partial charge on any atom is 0.411 e. The number of anilines is 1. The summed E-state index contributed by atoms with van der Waals surface area (Å²) in [5.74, 6) is -1.19. The van der Waals surface area contributed by atoms with E-state index >= 15 is 0 Å². The molecule has 0 saturated carbocycles. The van der Waals surface area contributed by atoms with Gasteiger partial charge in [0.25, 0.3) is 5.56 Å². The predicted molar refractivity (Wildman–Crippen MR) is 113 cm³/mol. The van der Waals surface area contributed by atoms with Crippen LogP contribution in [0.3, 0.4) is 0 Å². The van der Waals surface area contributed by atoms with Crippen LogP contribution in [0.15, 0.2) is 23.0 Å². The molecular weight excluding hydrogens is 402 g/mol. The zero-order chi connectivity index (χ0) is 23.1. The zero-order valence-electron chi connectivity index (χ0n) is 18.2. The number of aromatic nitrogens is 2. The zero-order valence-corrected chi connectivity index (χ0v) is 18.2. The van der Waals surface area contributed by atoms with Gasteiger partial charge >= 0.3 is 12.1 Å². The van der Waals surface area contributed by atoms with Gasteiger partial charge in [0.2, 0.25) is 0 Å². The molecule has 164 valence electrons. The van der Waals surface area contributed by atoms with Crippen LogP contribution in [0.4, 0.5) is 10.5 Å². The van der Waals surface area contributed by atoms with Crippen LogP contribution in [0.25, 0.3) is 11.0 Å². The fourth-order valence-corrected chi connectivity index (χ4v) is 3.62. The summed E-state index contributed by atoms with van der Waals surface area (Å²) in [6.07, 6.45) is -0.712. The molecule has 1 aliphatic rings. The molecule has 31 heavy (non-hydrogen) atoms. The quantitative estimate of drug-likeness (QED) is 0.767. The molecule has 1 fully saturated rings. The van der Waals surface area contributed by atoms with Crippen LogP contribution in [-0.2, 0) is 16.6 Å². The third-order valence-electron chi connectivity index (χ3n) is 5.29. The Morgan fingerprint density at radius 1 is 1.29 bits per heavy atom. The number of rotatable bonds is 2. The lowest BCUT2D eigenvalue weighted by Gasteiger charge is -2.46. The van der Waals surface area contributed by atoms with Gasteiger partial charge in [-0.25, -0.2) is 14.6 Å². The minimum atomic E-state index is -1.60. The van der Waals surface area contributed by atoms with Gasteiger partial charge in [-0.3, -0.25) is 9.69 Å². The van der Waals surface area contributed by atoms with E-state index in [4.69, 9.17) is 4.74 Å². The van der Waals surface area contributed by atoms with E-state index in [0.717, 1.165) is 0 Å². The number of carbonyl (C=O) groups is 2. The lowest BCUT2D eigenvalue weighted by Crippen LogP contribution is -2.67. The monoisotopic (exact) mass is 427 g/mol. The van der Waals surface area contributed by atoms with Gasteiger partial charge in [-0.1, -0.05) is 0 Å². The number of nitrogens with zero attached hydrogens (tertiary/aromatic N) is 5. The molecule has 1 amide bonds. The van der Waals surface area contributed by atoms with Crippen molar-refractivity contribution in [1.29, 1.82) is 5.26 Å². The van der Waals surface area contributed by atoms with Gasteiger partial charge in [0.05, 0.1) is 17.7 Å². The highest BCUT2D eigenvalue weighted by Crippen LogP contribution is 2.31. The first-order valence-electron chi connectivity index (χ1n) is 9.77. The number of hydrogen-bond donors (Lipinski definition) is 1. The number of aliphatic carboxylic acids is 1. The maximum absolute atomic E-state index is 12.7. The van der Waals surface area contributed by atoms with Crippen LogP contribution in [-0.4, -0.2) is 62.4 Å². The third-order valence-corrected chi connectivity index (χ3v) is 5.29. The van der Waals surface area contributed by atoms with Crippen LogP contribution in [0.5, 0.6) is 0 Å². The molecule has 10 heteroatoms. The van der Waals surface area contributed by atoms with Crippen molar-refractivity contribution < 1.29 is 19.4 Å². The van der Waals surface area contributed by atoms with Crippen LogP contribution < -0.4 is 10.5 Å². The lowest BCUT2D eigenvalue weighted by atomic mass is 9.96.